The van der Waals surface area contributed by atoms with Crippen LogP contribution in [-0.2, 0) is 0 Å². The number of likely N-dealkylation sites (N-methyl/N-ethyl adjacent to an activating group) is 1. The van der Waals surface area contributed by atoms with Crippen molar-refractivity contribution in [2.45, 2.75) is 13.0 Å². The third-order valence-corrected chi connectivity index (χ3v) is 3.55. The summed E-state index contributed by atoms with van der Waals surface area (Å²) in [5.74, 6) is -0.996. The van der Waals surface area contributed by atoms with E-state index in [1.165, 1.54) is 30.3 Å². The molecule has 0 fully saturated rings. The number of benzene rings is 1. The molecule has 0 bridgehead atoms. The van der Waals surface area contributed by atoms with Crippen LogP contribution in [0.1, 0.15) is 17.4 Å². The van der Waals surface area contributed by atoms with E-state index < -0.39 is 17.3 Å². The van der Waals surface area contributed by atoms with E-state index in [-0.39, 0.29) is 17.4 Å². The lowest BCUT2D eigenvalue weighted by Gasteiger charge is -2.19. The van der Waals surface area contributed by atoms with Crippen LogP contribution in [0.5, 0.6) is 0 Å². The fourth-order valence-corrected chi connectivity index (χ4v) is 1.84. The van der Waals surface area contributed by atoms with Gasteiger partial charge in [0.2, 0.25) is 0 Å². The van der Waals surface area contributed by atoms with Crippen LogP contribution in [0.2, 0.25) is 0 Å². The Morgan fingerprint density at radius 1 is 1.30 bits per heavy atom. The summed E-state index contributed by atoms with van der Waals surface area (Å²) in [5, 5.41) is 6.71. The van der Waals surface area contributed by atoms with Gasteiger partial charge in [0.1, 0.15) is 17.2 Å². The number of para-hydroxylation sites is 1. The first kappa shape index (κ1) is 16.8. The average molecular weight is 318 g/mol. The maximum absolute atomic E-state index is 13.8. The molecule has 0 aliphatic heterocycles. The van der Waals surface area contributed by atoms with Crippen molar-refractivity contribution in [1.29, 1.82) is 0 Å². The zero-order chi connectivity index (χ0) is 17.0. The minimum absolute atomic E-state index is 0.00816. The second-order valence-electron chi connectivity index (χ2n) is 5.44. The van der Waals surface area contributed by atoms with Gasteiger partial charge in [-0.05, 0) is 39.2 Å². The molecule has 1 N–H and O–H groups in total. The molecule has 2 aromatic rings. The number of amides is 1. The molecule has 0 saturated carbocycles. The molecular weight excluding hydrogens is 299 g/mol. The van der Waals surface area contributed by atoms with Gasteiger partial charge in [0, 0.05) is 18.7 Å². The lowest BCUT2D eigenvalue weighted by Crippen LogP contribution is -2.39. The minimum atomic E-state index is -0.583. The molecule has 1 aromatic carbocycles. The predicted octanol–water partition coefficient (Wildman–Crippen LogP) is 1.05. The molecular formula is C16H19FN4O2. The van der Waals surface area contributed by atoms with Crippen molar-refractivity contribution < 1.29 is 9.18 Å². The van der Waals surface area contributed by atoms with E-state index in [9.17, 15) is 14.0 Å². The zero-order valence-electron chi connectivity index (χ0n) is 13.3. The van der Waals surface area contributed by atoms with Gasteiger partial charge in [-0.1, -0.05) is 12.1 Å². The van der Waals surface area contributed by atoms with Crippen LogP contribution in [0.15, 0.2) is 41.2 Å². The average Bonchev–Trinajstić information content (AvgIpc) is 2.53. The van der Waals surface area contributed by atoms with Crippen LogP contribution in [0.4, 0.5) is 4.39 Å². The number of hydrogen-bond donors (Lipinski definition) is 1. The van der Waals surface area contributed by atoms with E-state index in [1.54, 1.807) is 6.07 Å². The summed E-state index contributed by atoms with van der Waals surface area (Å²) >= 11 is 0. The third-order valence-electron chi connectivity index (χ3n) is 3.55. The van der Waals surface area contributed by atoms with Gasteiger partial charge in [0.15, 0.2) is 0 Å². The van der Waals surface area contributed by atoms with Crippen molar-refractivity contribution in [2.24, 2.45) is 0 Å². The topological polar surface area (TPSA) is 67.2 Å². The van der Waals surface area contributed by atoms with Crippen LogP contribution in [0.25, 0.3) is 5.69 Å². The van der Waals surface area contributed by atoms with Crippen molar-refractivity contribution in [3.63, 3.8) is 0 Å². The lowest BCUT2D eigenvalue weighted by molar-refractivity contribution is 0.0937. The van der Waals surface area contributed by atoms with Gasteiger partial charge in [-0.3, -0.25) is 9.59 Å². The van der Waals surface area contributed by atoms with E-state index in [1.807, 2.05) is 25.9 Å². The Hall–Kier alpha value is -2.54. The highest BCUT2D eigenvalue weighted by molar-refractivity contribution is 5.92. The Bertz CT molecular complexity index is 758. The van der Waals surface area contributed by atoms with Crippen molar-refractivity contribution in [3.8, 4) is 5.69 Å². The summed E-state index contributed by atoms with van der Waals surface area (Å²) in [7, 11) is 3.82. The number of aromatic nitrogens is 2. The fraction of sp³-hybridized carbons (Fsp3) is 0.312. The van der Waals surface area contributed by atoms with Crippen molar-refractivity contribution >= 4 is 5.91 Å². The van der Waals surface area contributed by atoms with E-state index in [4.69, 9.17) is 0 Å². The molecule has 0 saturated heterocycles. The van der Waals surface area contributed by atoms with Crippen molar-refractivity contribution in [3.05, 3.63) is 58.3 Å². The molecule has 6 nitrogen and oxygen atoms in total. The monoisotopic (exact) mass is 318 g/mol. The highest BCUT2D eigenvalue weighted by atomic mass is 19.1. The molecule has 2 rings (SSSR count). The Labute approximate surface area is 133 Å². The first-order chi connectivity index (χ1) is 10.9. The van der Waals surface area contributed by atoms with Crippen LogP contribution < -0.4 is 10.9 Å². The molecule has 1 heterocycles. The molecule has 122 valence electrons. The number of hydrogen-bond acceptors (Lipinski definition) is 4. The van der Waals surface area contributed by atoms with Gasteiger partial charge in [0.05, 0.1) is 0 Å². The summed E-state index contributed by atoms with van der Waals surface area (Å²) < 4.78 is 14.7. The highest BCUT2D eigenvalue weighted by Gasteiger charge is 2.14. The Morgan fingerprint density at radius 3 is 2.65 bits per heavy atom. The molecule has 23 heavy (non-hydrogen) atoms. The lowest BCUT2D eigenvalue weighted by atomic mass is 10.3. The number of carbonyl (C=O) groups excluding carboxylic acids is 1. The van der Waals surface area contributed by atoms with Crippen molar-refractivity contribution in [1.82, 2.24) is 20.0 Å². The van der Waals surface area contributed by atoms with Crippen LogP contribution in [0.3, 0.4) is 0 Å². The van der Waals surface area contributed by atoms with Crippen LogP contribution in [-0.4, -0.2) is 47.3 Å². The number of nitrogens with one attached hydrogen (secondary N) is 1. The van der Waals surface area contributed by atoms with Gasteiger partial charge in [0.25, 0.3) is 11.5 Å². The summed E-state index contributed by atoms with van der Waals surface area (Å²) in [5.41, 5.74) is -0.444. The first-order valence-electron chi connectivity index (χ1n) is 7.20. The van der Waals surface area contributed by atoms with E-state index >= 15 is 0 Å². The molecule has 0 spiro atoms. The summed E-state index contributed by atoms with van der Waals surface area (Å²) in [6.45, 7) is 2.40. The van der Waals surface area contributed by atoms with E-state index in [0.717, 1.165) is 4.68 Å². The molecule has 0 aliphatic carbocycles. The summed E-state index contributed by atoms with van der Waals surface area (Å²) in [6, 6.07) is 8.45. The number of halogens is 1. The first-order valence-corrected chi connectivity index (χ1v) is 7.20. The summed E-state index contributed by atoms with van der Waals surface area (Å²) in [6.07, 6.45) is 0. The molecule has 0 aliphatic rings. The molecule has 1 aromatic heterocycles. The van der Waals surface area contributed by atoms with Crippen LogP contribution in [0, 0.1) is 5.82 Å². The fourth-order valence-electron chi connectivity index (χ4n) is 1.84. The minimum Gasteiger partial charge on any atom is -0.349 e. The third kappa shape index (κ3) is 4.01. The standard InChI is InChI=1S/C16H19FN4O2/c1-11(20(2)3)10-18-16(23)13-8-9-15(22)21(19-13)14-7-5-4-6-12(14)17/h4-9,11H,10H2,1-3H3,(H,18,23)/t11-/m0/s1. The normalized spacial score (nSPS) is 12.2. The van der Waals surface area contributed by atoms with Gasteiger partial charge >= 0.3 is 0 Å². The maximum Gasteiger partial charge on any atom is 0.271 e. The second-order valence-corrected chi connectivity index (χ2v) is 5.44. The molecule has 1 atom stereocenters. The molecule has 0 radical (unpaired) electrons. The SMILES string of the molecule is C[C@@H](CNC(=O)c1ccc(=O)n(-c2ccccc2F)n1)N(C)C. The van der Waals surface area contributed by atoms with Crippen LogP contribution >= 0.6 is 0 Å². The number of carbonyl (C=O) groups is 1. The Balaban J connectivity index is 2.26. The molecule has 0 unspecified atom stereocenters. The zero-order valence-corrected chi connectivity index (χ0v) is 13.3. The Morgan fingerprint density at radius 2 is 2.00 bits per heavy atom. The van der Waals surface area contributed by atoms with Gasteiger partial charge in [-0.2, -0.15) is 9.78 Å². The Kier molecular flexibility index (Phi) is 5.23. The smallest absolute Gasteiger partial charge is 0.271 e. The molecule has 7 heteroatoms. The quantitative estimate of drug-likeness (QED) is 0.895. The number of nitrogens with zero attached hydrogens (tertiary/aromatic N) is 3. The number of rotatable bonds is 5. The highest BCUT2D eigenvalue weighted by Crippen LogP contribution is 2.09. The second kappa shape index (κ2) is 7.15. The van der Waals surface area contributed by atoms with Crippen molar-refractivity contribution in [2.75, 3.05) is 20.6 Å². The van der Waals surface area contributed by atoms with E-state index in [0.29, 0.717) is 6.54 Å². The molecule has 1 amide bonds. The van der Waals surface area contributed by atoms with Gasteiger partial charge in [-0.15, -0.1) is 0 Å². The van der Waals surface area contributed by atoms with Gasteiger partial charge < -0.3 is 10.2 Å². The predicted molar refractivity (Wildman–Crippen MR) is 85.3 cm³/mol. The largest absolute Gasteiger partial charge is 0.349 e. The summed E-state index contributed by atoms with van der Waals surface area (Å²) in [4.78, 5) is 26.0. The van der Waals surface area contributed by atoms with Gasteiger partial charge in [-0.25, -0.2) is 4.39 Å². The van der Waals surface area contributed by atoms with E-state index in [2.05, 4.69) is 10.4 Å². The maximum atomic E-state index is 13.8.